The second-order valence-electron chi connectivity index (χ2n) is 9.51. The molecule has 0 spiro atoms. The van der Waals surface area contributed by atoms with Crippen LogP contribution in [-0.2, 0) is 6.61 Å². The molecule has 0 aliphatic heterocycles. The van der Waals surface area contributed by atoms with Crippen molar-refractivity contribution in [3.63, 3.8) is 0 Å². The van der Waals surface area contributed by atoms with Crippen LogP contribution in [0, 0.1) is 10.1 Å². The Bertz CT molecular complexity index is 2190. The predicted molar refractivity (Wildman–Crippen MR) is 165 cm³/mol. The summed E-state index contributed by atoms with van der Waals surface area (Å²) in [6.07, 6.45) is 1.24. The van der Waals surface area contributed by atoms with Crippen molar-refractivity contribution in [1.29, 1.82) is 0 Å². The summed E-state index contributed by atoms with van der Waals surface area (Å²) in [7, 11) is 0. The normalized spacial score (nSPS) is 11.4. The van der Waals surface area contributed by atoms with E-state index in [1.54, 1.807) is 48.5 Å². The van der Waals surface area contributed by atoms with E-state index < -0.39 is 22.1 Å². The Balaban J connectivity index is 1.38. The minimum Gasteiger partial charge on any atom is -0.481 e. The summed E-state index contributed by atoms with van der Waals surface area (Å²) in [5.41, 5.74) is 0.912. The highest BCUT2D eigenvalue weighted by Gasteiger charge is 2.21. The third-order valence-corrected chi connectivity index (χ3v) is 7.12. The molecule has 6 rings (SSSR count). The van der Waals surface area contributed by atoms with Crippen LogP contribution in [0.5, 0.6) is 5.75 Å². The van der Waals surface area contributed by atoms with E-state index in [-0.39, 0.29) is 40.1 Å². The number of halogens is 2. The number of furan rings is 1. The number of hydrogen-bond donors (Lipinski definition) is 1. The number of aromatic carboxylic acids is 1. The molecule has 0 atom stereocenters. The summed E-state index contributed by atoms with van der Waals surface area (Å²) in [5, 5.41) is 26.8. The fourth-order valence-corrected chi connectivity index (χ4v) is 4.95. The smallest absolute Gasteiger partial charge is 0.335 e. The second-order valence-corrected chi connectivity index (χ2v) is 10.3. The molecule has 218 valence electrons. The van der Waals surface area contributed by atoms with E-state index in [0.717, 1.165) is 4.68 Å². The van der Waals surface area contributed by atoms with Gasteiger partial charge in [0.25, 0.3) is 5.56 Å². The number of carbonyl (C=O) groups is 1. The second kappa shape index (κ2) is 11.6. The zero-order chi connectivity index (χ0) is 31.0. The van der Waals surface area contributed by atoms with Gasteiger partial charge in [-0.05, 0) is 60.2 Å². The zero-order valence-electron chi connectivity index (χ0n) is 22.3. The van der Waals surface area contributed by atoms with Crippen LogP contribution >= 0.6 is 23.2 Å². The lowest BCUT2D eigenvalue weighted by atomic mass is 10.1. The maximum absolute atomic E-state index is 13.5. The van der Waals surface area contributed by atoms with Crippen molar-refractivity contribution >= 4 is 62.9 Å². The van der Waals surface area contributed by atoms with Gasteiger partial charge in [-0.25, -0.2) is 9.78 Å². The summed E-state index contributed by atoms with van der Waals surface area (Å²) >= 11 is 12.5. The van der Waals surface area contributed by atoms with Crippen molar-refractivity contribution in [2.24, 2.45) is 5.10 Å². The van der Waals surface area contributed by atoms with Crippen molar-refractivity contribution < 1.29 is 24.0 Å². The lowest BCUT2D eigenvalue weighted by Crippen LogP contribution is -2.20. The SMILES string of the molecule is O=C(O)c1ccc(COc2c(Cl)cc(C=Nn3c(-c4cc5cc(Cl)ccc5o4)nc4ccccc4c3=O)cc2[N+](=O)[O-])cc1. The van der Waals surface area contributed by atoms with Gasteiger partial charge in [-0.1, -0.05) is 47.5 Å². The van der Waals surface area contributed by atoms with E-state index in [4.69, 9.17) is 37.5 Å². The van der Waals surface area contributed by atoms with Gasteiger partial charge in [0.05, 0.1) is 32.6 Å². The molecule has 0 saturated heterocycles. The Hall–Kier alpha value is -5.52. The lowest BCUT2D eigenvalue weighted by molar-refractivity contribution is -0.385. The van der Waals surface area contributed by atoms with Gasteiger partial charge in [0, 0.05) is 22.0 Å². The number of rotatable bonds is 8. The number of hydrogen-bond acceptors (Lipinski definition) is 8. The van der Waals surface area contributed by atoms with Gasteiger partial charge in [-0.3, -0.25) is 14.9 Å². The number of carboxylic acids is 1. The van der Waals surface area contributed by atoms with E-state index in [1.807, 2.05) is 0 Å². The fraction of sp³-hybridized carbons (Fsp3) is 0.0323. The number of nitro benzene ring substituents is 1. The van der Waals surface area contributed by atoms with E-state index in [2.05, 4.69) is 10.1 Å². The van der Waals surface area contributed by atoms with Crippen molar-refractivity contribution in [2.45, 2.75) is 6.61 Å². The van der Waals surface area contributed by atoms with Crippen LogP contribution < -0.4 is 10.3 Å². The Kier molecular flexibility index (Phi) is 7.56. The molecule has 1 N–H and O–H groups in total. The van der Waals surface area contributed by atoms with E-state index in [1.165, 1.54) is 42.6 Å². The first-order valence-electron chi connectivity index (χ1n) is 12.9. The van der Waals surface area contributed by atoms with Crippen LogP contribution in [0.15, 0.2) is 99.2 Å². The monoisotopic (exact) mass is 628 g/mol. The molecule has 2 heterocycles. The Morgan fingerprint density at radius 1 is 1.07 bits per heavy atom. The molecule has 44 heavy (non-hydrogen) atoms. The third-order valence-electron chi connectivity index (χ3n) is 6.60. The van der Waals surface area contributed by atoms with Gasteiger partial charge < -0.3 is 14.3 Å². The average molecular weight is 629 g/mol. The van der Waals surface area contributed by atoms with Crippen LogP contribution in [0.3, 0.4) is 0 Å². The van der Waals surface area contributed by atoms with Gasteiger partial charge >= 0.3 is 11.7 Å². The van der Waals surface area contributed by atoms with E-state index in [9.17, 15) is 19.7 Å². The fourth-order valence-electron chi connectivity index (χ4n) is 4.49. The highest BCUT2D eigenvalue weighted by molar-refractivity contribution is 6.32. The highest BCUT2D eigenvalue weighted by atomic mass is 35.5. The molecule has 0 aliphatic rings. The number of fused-ring (bicyclic) bond motifs is 2. The molecular formula is C31H18Cl2N4O7. The van der Waals surface area contributed by atoms with Crippen molar-refractivity contribution in [2.75, 3.05) is 0 Å². The van der Waals surface area contributed by atoms with Crippen molar-refractivity contribution in [3.05, 3.63) is 132 Å². The zero-order valence-corrected chi connectivity index (χ0v) is 23.8. The molecule has 11 nitrogen and oxygen atoms in total. The molecule has 0 fully saturated rings. The molecule has 0 saturated carbocycles. The van der Waals surface area contributed by atoms with Crippen molar-refractivity contribution in [1.82, 2.24) is 9.66 Å². The third kappa shape index (κ3) is 5.61. The molecule has 0 aliphatic carbocycles. The predicted octanol–water partition coefficient (Wildman–Crippen LogP) is 7.18. The van der Waals surface area contributed by atoms with Crippen LogP contribution in [0.2, 0.25) is 10.0 Å². The van der Waals surface area contributed by atoms with Gasteiger partial charge in [-0.2, -0.15) is 9.78 Å². The average Bonchev–Trinajstić information content (AvgIpc) is 3.43. The highest BCUT2D eigenvalue weighted by Crippen LogP contribution is 2.36. The first-order chi connectivity index (χ1) is 21.2. The maximum atomic E-state index is 13.5. The molecule has 0 radical (unpaired) electrons. The molecular weight excluding hydrogens is 611 g/mol. The topological polar surface area (TPSA) is 150 Å². The van der Waals surface area contributed by atoms with Gasteiger partial charge in [0.2, 0.25) is 11.6 Å². The number of aromatic nitrogens is 2. The van der Waals surface area contributed by atoms with Crippen molar-refractivity contribution in [3.8, 4) is 17.3 Å². The number of nitrogens with zero attached hydrogens (tertiary/aromatic N) is 4. The standard InChI is InChI=1S/C31H18Cl2N4O7/c32-21-9-10-26-20(13-21)14-27(44-26)29-35-24-4-2-1-3-22(24)30(38)36(29)34-15-18-11-23(33)28(25(12-18)37(41)42)43-16-17-5-7-19(8-6-17)31(39)40/h1-15H,16H2,(H,39,40). The number of benzene rings is 4. The molecule has 0 amide bonds. The maximum Gasteiger partial charge on any atom is 0.335 e. The number of carboxylic acid groups (broad SMARTS) is 1. The first-order valence-corrected chi connectivity index (χ1v) is 13.6. The summed E-state index contributed by atoms with van der Waals surface area (Å²) in [6.45, 7) is -0.0991. The Morgan fingerprint density at radius 3 is 2.59 bits per heavy atom. The quantitative estimate of drug-likeness (QED) is 0.106. The minimum absolute atomic E-state index is 0.0684. The molecule has 2 aromatic heterocycles. The van der Waals surface area contributed by atoms with E-state index in [0.29, 0.717) is 32.5 Å². The summed E-state index contributed by atoms with van der Waals surface area (Å²) < 4.78 is 12.7. The summed E-state index contributed by atoms with van der Waals surface area (Å²) in [5.74, 6) is -0.898. The van der Waals surface area contributed by atoms with Crippen LogP contribution in [0.25, 0.3) is 33.5 Å². The largest absolute Gasteiger partial charge is 0.481 e. The van der Waals surface area contributed by atoms with Gasteiger partial charge in [0.15, 0.2) is 5.76 Å². The molecule has 4 aromatic carbocycles. The minimum atomic E-state index is -1.08. The Labute approximate surface area is 257 Å². The van der Waals surface area contributed by atoms with Crippen LogP contribution in [0.4, 0.5) is 5.69 Å². The number of para-hydroxylation sites is 1. The molecule has 0 unspecified atom stereocenters. The summed E-state index contributed by atoms with van der Waals surface area (Å²) in [6, 6.07) is 22.0. The molecule has 0 bridgehead atoms. The first kappa shape index (κ1) is 28.6. The Morgan fingerprint density at radius 2 is 1.84 bits per heavy atom. The van der Waals surface area contributed by atoms with Gasteiger partial charge in [0.1, 0.15) is 12.2 Å². The molecule has 6 aromatic rings. The van der Waals surface area contributed by atoms with Crippen LogP contribution in [0.1, 0.15) is 21.5 Å². The lowest BCUT2D eigenvalue weighted by Gasteiger charge is -2.10. The number of ether oxygens (including phenoxy) is 1. The van der Waals surface area contributed by atoms with Gasteiger partial charge in [-0.15, -0.1) is 0 Å². The molecule has 13 heteroatoms. The van der Waals surface area contributed by atoms with E-state index >= 15 is 0 Å². The summed E-state index contributed by atoms with van der Waals surface area (Å²) in [4.78, 5) is 40.5. The van der Waals surface area contributed by atoms with Crippen LogP contribution in [-0.4, -0.2) is 31.9 Å². The number of nitro groups is 1.